The minimum Gasteiger partial charge on any atom is -0.460 e. The van der Waals surface area contributed by atoms with Gasteiger partial charge in [-0.15, -0.1) is 0 Å². The fourth-order valence-electron chi connectivity index (χ4n) is 2.35. The molecule has 0 unspecified atom stereocenters. The van der Waals surface area contributed by atoms with E-state index in [0.29, 0.717) is 27.1 Å². The van der Waals surface area contributed by atoms with Gasteiger partial charge in [0.25, 0.3) is 0 Å². The van der Waals surface area contributed by atoms with Gasteiger partial charge in [0.15, 0.2) is 11.5 Å². The summed E-state index contributed by atoms with van der Waals surface area (Å²) in [6.45, 7) is 1.37. The van der Waals surface area contributed by atoms with Gasteiger partial charge in [0, 0.05) is 5.02 Å². The van der Waals surface area contributed by atoms with E-state index in [0.717, 1.165) is 0 Å². The first-order valence-electron chi connectivity index (χ1n) is 7.79. The van der Waals surface area contributed by atoms with Gasteiger partial charge in [-0.05, 0) is 48.9 Å². The van der Waals surface area contributed by atoms with E-state index in [-0.39, 0.29) is 18.3 Å². The van der Waals surface area contributed by atoms with Crippen molar-refractivity contribution in [3.63, 3.8) is 0 Å². The maximum absolute atomic E-state index is 12.3. The van der Waals surface area contributed by atoms with Crippen molar-refractivity contribution in [1.29, 1.82) is 0 Å². The van der Waals surface area contributed by atoms with E-state index in [9.17, 15) is 13.2 Å². The van der Waals surface area contributed by atoms with Crippen LogP contribution in [0.15, 0.2) is 41.3 Å². The second kappa shape index (κ2) is 7.93. The molecule has 1 aliphatic rings. The first-order chi connectivity index (χ1) is 12.8. The van der Waals surface area contributed by atoms with Crippen LogP contribution in [0.5, 0.6) is 11.5 Å². The third-order valence-corrected chi connectivity index (χ3v) is 5.77. The molecule has 0 fully saturated rings. The van der Waals surface area contributed by atoms with Crippen molar-refractivity contribution in [2.45, 2.75) is 24.5 Å². The van der Waals surface area contributed by atoms with Crippen LogP contribution in [0, 0.1) is 0 Å². The van der Waals surface area contributed by atoms with Crippen LogP contribution in [-0.2, 0) is 26.2 Å². The molecule has 0 saturated heterocycles. The quantitative estimate of drug-likeness (QED) is 0.706. The van der Waals surface area contributed by atoms with Gasteiger partial charge in [0.05, 0.1) is 9.92 Å². The number of hydrogen-bond donors (Lipinski definition) is 1. The fraction of sp³-hybridized carbons (Fsp3) is 0.235. The molecule has 0 aromatic heterocycles. The Labute approximate surface area is 166 Å². The summed E-state index contributed by atoms with van der Waals surface area (Å²) in [5, 5.41) is 0.747. The van der Waals surface area contributed by atoms with E-state index in [1.54, 1.807) is 12.1 Å². The maximum atomic E-state index is 12.3. The lowest BCUT2D eigenvalue weighted by molar-refractivity contribution is -0.146. The lowest BCUT2D eigenvalue weighted by Gasteiger charge is -2.14. The molecular formula is C17H15Cl2NO6S. The highest BCUT2D eigenvalue weighted by molar-refractivity contribution is 7.89. The number of nitrogens with one attached hydrogen (secondary N) is 1. The van der Waals surface area contributed by atoms with Crippen LogP contribution in [-0.4, -0.2) is 27.2 Å². The zero-order chi connectivity index (χ0) is 19.6. The lowest BCUT2D eigenvalue weighted by atomic mass is 10.2. The van der Waals surface area contributed by atoms with Crippen molar-refractivity contribution in [1.82, 2.24) is 4.72 Å². The van der Waals surface area contributed by atoms with Gasteiger partial charge < -0.3 is 14.2 Å². The highest BCUT2D eigenvalue weighted by atomic mass is 35.5. The van der Waals surface area contributed by atoms with E-state index < -0.39 is 22.0 Å². The minimum absolute atomic E-state index is 0.00546. The van der Waals surface area contributed by atoms with Gasteiger partial charge in [-0.3, -0.25) is 4.79 Å². The van der Waals surface area contributed by atoms with Gasteiger partial charge in [-0.2, -0.15) is 4.72 Å². The van der Waals surface area contributed by atoms with Crippen molar-refractivity contribution in [3.8, 4) is 11.5 Å². The summed E-state index contributed by atoms with van der Waals surface area (Å²) in [5.74, 6) is 0.169. The highest BCUT2D eigenvalue weighted by Gasteiger charge is 2.24. The van der Waals surface area contributed by atoms with Crippen LogP contribution in [0.2, 0.25) is 10.0 Å². The Morgan fingerprint density at radius 2 is 1.93 bits per heavy atom. The molecule has 10 heteroatoms. The molecule has 1 N–H and O–H groups in total. The summed E-state index contributed by atoms with van der Waals surface area (Å²) in [6, 6.07) is 7.73. The zero-order valence-electron chi connectivity index (χ0n) is 14.1. The molecule has 3 rings (SSSR count). The lowest BCUT2D eigenvalue weighted by Crippen LogP contribution is -2.39. The van der Waals surface area contributed by atoms with Crippen LogP contribution < -0.4 is 14.2 Å². The molecule has 2 aromatic carbocycles. The van der Waals surface area contributed by atoms with Gasteiger partial charge in [-0.1, -0.05) is 23.2 Å². The predicted octanol–water partition coefficient (Wildman–Crippen LogP) is 3.13. The van der Waals surface area contributed by atoms with Crippen LogP contribution in [0.4, 0.5) is 0 Å². The largest absolute Gasteiger partial charge is 0.460 e. The smallest absolute Gasteiger partial charge is 0.324 e. The van der Waals surface area contributed by atoms with Gasteiger partial charge >= 0.3 is 5.97 Å². The standard InChI is InChI=1S/C17H15Cl2NO6S/c1-10(20-27(22,23)13-4-2-12(18)3-5-13)17(21)24-8-11-6-14(19)16-15(7-11)25-9-26-16/h2-7,10,20H,8-9H2,1H3/t10-/m0/s1. The number of ether oxygens (including phenoxy) is 3. The first kappa shape index (κ1) is 19.8. The van der Waals surface area contributed by atoms with Crippen LogP contribution >= 0.6 is 23.2 Å². The molecule has 1 atom stereocenters. The topological polar surface area (TPSA) is 90.9 Å². The summed E-state index contributed by atoms with van der Waals surface area (Å²) >= 11 is 11.8. The Morgan fingerprint density at radius 3 is 2.63 bits per heavy atom. The number of halogens is 2. The number of fused-ring (bicyclic) bond motifs is 1. The Hall–Kier alpha value is -2.00. The molecule has 0 bridgehead atoms. The molecule has 0 saturated carbocycles. The monoisotopic (exact) mass is 431 g/mol. The summed E-state index contributed by atoms with van der Waals surface area (Å²) in [4.78, 5) is 12.1. The molecule has 0 radical (unpaired) electrons. The molecule has 1 aliphatic heterocycles. The van der Waals surface area contributed by atoms with Gasteiger partial charge in [-0.25, -0.2) is 8.42 Å². The van der Waals surface area contributed by atoms with Crippen LogP contribution in [0.1, 0.15) is 12.5 Å². The third kappa shape index (κ3) is 4.65. The zero-order valence-corrected chi connectivity index (χ0v) is 16.4. The van der Waals surface area contributed by atoms with Crippen molar-refractivity contribution in [2.24, 2.45) is 0 Å². The second-order valence-electron chi connectivity index (χ2n) is 5.72. The van der Waals surface area contributed by atoms with Gasteiger partial charge in [0.2, 0.25) is 16.8 Å². The summed E-state index contributed by atoms with van der Waals surface area (Å²) in [6.07, 6.45) is 0. The van der Waals surface area contributed by atoms with E-state index in [2.05, 4.69) is 4.72 Å². The molecule has 0 spiro atoms. The Bertz CT molecular complexity index is 962. The highest BCUT2D eigenvalue weighted by Crippen LogP contribution is 2.39. The summed E-state index contributed by atoms with van der Waals surface area (Å²) in [7, 11) is -3.89. The van der Waals surface area contributed by atoms with E-state index in [1.807, 2.05) is 0 Å². The van der Waals surface area contributed by atoms with Crippen molar-refractivity contribution < 1.29 is 27.4 Å². The number of esters is 1. The molecular weight excluding hydrogens is 417 g/mol. The average molecular weight is 432 g/mol. The minimum atomic E-state index is -3.89. The maximum Gasteiger partial charge on any atom is 0.324 e. The molecule has 1 heterocycles. The van der Waals surface area contributed by atoms with Crippen molar-refractivity contribution in [3.05, 3.63) is 52.0 Å². The molecule has 2 aromatic rings. The second-order valence-corrected chi connectivity index (χ2v) is 8.27. The molecule has 0 amide bonds. The number of benzene rings is 2. The van der Waals surface area contributed by atoms with E-state index in [4.69, 9.17) is 37.4 Å². The summed E-state index contributed by atoms with van der Waals surface area (Å²) in [5.41, 5.74) is 0.588. The van der Waals surface area contributed by atoms with E-state index >= 15 is 0 Å². The van der Waals surface area contributed by atoms with Crippen LogP contribution in [0.25, 0.3) is 0 Å². The first-order valence-corrected chi connectivity index (χ1v) is 10.0. The molecule has 27 heavy (non-hydrogen) atoms. The normalized spacial score (nSPS) is 14.0. The predicted molar refractivity (Wildman–Crippen MR) is 98.6 cm³/mol. The summed E-state index contributed by atoms with van der Waals surface area (Å²) < 4.78 is 42.5. The molecule has 0 aliphatic carbocycles. The molecule has 144 valence electrons. The number of carbonyl (C=O) groups is 1. The number of carbonyl (C=O) groups excluding carboxylic acids is 1. The Balaban J connectivity index is 1.61. The molecule has 7 nitrogen and oxygen atoms in total. The van der Waals surface area contributed by atoms with Gasteiger partial charge in [0.1, 0.15) is 12.6 Å². The fourth-order valence-corrected chi connectivity index (χ4v) is 3.95. The van der Waals surface area contributed by atoms with Crippen molar-refractivity contribution in [2.75, 3.05) is 6.79 Å². The third-order valence-electron chi connectivity index (χ3n) is 3.68. The number of hydrogen-bond acceptors (Lipinski definition) is 6. The van der Waals surface area contributed by atoms with E-state index in [1.165, 1.54) is 31.2 Å². The van der Waals surface area contributed by atoms with Crippen LogP contribution in [0.3, 0.4) is 0 Å². The SMILES string of the molecule is C[C@H](NS(=O)(=O)c1ccc(Cl)cc1)C(=O)OCc1cc(Cl)c2c(c1)OCO2. The number of sulfonamides is 1. The average Bonchev–Trinajstić information content (AvgIpc) is 3.09. The Kier molecular flexibility index (Phi) is 5.81. The van der Waals surface area contributed by atoms with Crippen molar-refractivity contribution >= 4 is 39.2 Å². The Morgan fingerprint density at radius 1 is 1.22 bits per heavy atom. The number of rotatable bonds is 6.